The monoisotopic (exact) mass is 472 g/mol. The van der Waals surface area contributed by atoms with Gasteiger partial charge in [-0.05, 0) is 67.6 Å². The Kier molecular flexibility index (Phi) is 9.07. The fourth-order valence-corrected chi connectivity index (χ4v) is 4.09. The molecular weight excluding hydrogens is 436 g/mol. The normalized spacial score (nSPS) is 11.7. The summed E-state index contributed by atoms with van der Waals surface area (Å²) in [5, 5.41) is 3.03. The Balaban J connectivity index is 1.99. The number of rotatable bonds is 10. The Morgan fingerprint density at radius 3 is 2.23 bits per heavy atom. The molecule has 5 nitrogen and oxygen atoms in total. The Hall–Kier alpha value is -3.60. The number of ether oxygens (including phenoxy) is 1. The summed E-state index contributed by atoms with van der Waals surface area (Å²) in [6, 6.07) is 22.9. The summed E-state index contributed by atoms with van der Waals surface area (Å²) in [7, 11) is 1.62. The van der Waals surface area contributed by atoms with Gasteiger partial charge in [-0.25, -0.2) is 0 Å². The molecule has 0 saturated heterocycles. The number of methoxy groups -OCH3 is 1. The van der Waals surface area contributed by atoms with Crippen molar-refractivity contribution in [3.8, 4) is 5.75 Å². The molecule has 0 aliphatic rings. The highest BCUT2D eigenvalue weighted by Gasteiger charge is 2.30. The highest BCUT2D eigenvalue weighted by molar-refractivity contribution is 5.89. The molecule has 2 amide bonds. The molecular formula is C30H36N2O3. The Labute approximate surface area is 209 Å². The van der Waals surface area contributed by atoms with Gasteiger partial charge in [-0.1, -0.05) is 60.7 Å². The summed E-state index contributed by atoms with van der Waals surface area (Å²) in [5.41, 5.74) is 5.19. The third kappa shape index (κ3) is 7.44. The predicted molar refractivity (Wildman–Crippen MR) is 140 cm³/mol. The van der Waals surface area contributed by atoms with Gasteiger partial charge < -0.3 is 15.0 Å². The molecule has 0 unspecified atom stereocenters. The first-order valence-corrected chi connectivity index (χ1v) is 12.1. The van der Waals surface area contributed by atoms with Gasteiger partial charge in [0.1, 0.15) is 11.8 Å². The molecule has 3 aromatic rings. The second kappa shape index (κ2) is 12.2. The number of benzene rings is 3. The largest absolute Gasteiger partial charge is 0.497 e. The van der Waals surface area contributed by atoms with Gasteiger partial charge in [-0.3, -0.25) is 9.59 Å². The van der Waals surface area contributed by atoms with Crippen molar-refractivity contribution in [2.24, 2.45) is 0 Å². The van der Waals surface area contributed by atoms with Crippen molar-refractivity contribution in [1.82, 2.24) is 10.2 Å². The maximum atomic E-state index is 13.8. The molecule has 0 bridgehead atoms. The Morgan fingerprint density at radius 1 is 0.857 bits per heavy atom. The molecule has 5 heteroatoms. The summed E-state index contributed by atoms with van der Waals surface area (Å²) in [4.78, 5) is 29.0. The van der Waals surface area contributed by atoms with Crippen LogP contribution in [0.15, 0.2) is 72.8 Å². The van der Waals surface area contributed by atoms with E-state index in [1.54, 1.807) is 12.0 Å². The molecule has 0 saturated carbocycles. The van der Waals surface area contributed by atoms with Gasteiger partial charge in [-0.15, -0.1) is 0 Å². The van der Waals surface area contributed by atoms with Crippen LogP contribution in [-0.4, -0.2) is 35.9 Å². The molecule has 0 aliphatic carbocycles. The number of carbonyl (C=O) groups excluding carboxylic acids is 2. The molecule has 0 aliphatic heterocycles. The van der Waals surface area contributed by atoms with Crippen molar-refractivity contribution < 1.29 is 14.3 Å². The van der Waals surface area contributed by atoms with Crippen LogP contribution in [0.2, 0.25) is 0 Å². The van der Waals surface area contributed by atoms with E-state index in [0.29, 0.717) is 13.0 Å². The number of nitrogens with one attached hydrogen (secondary N) is 1. The van der Waals surface area contributed by atoms with Crippen molar-refractivity contribution >= 4 is 11.8 Å². The number of amides is 2. The lowest BCUT2D eigenvalue weighted by atomic mass is 10.00. The van der Waals surface area contributed by atoms with Gasteiger partial charge in [0, 0.05) is 19.0 Å². The molecule has 1 N–H and O–H groups in total. The van der Waals surface area contributed by atoms with Gasteiger partial charge in [-0.2, -0.15) is 0 Å². The third-order valence-corrected chi connectivity index (χ3v) is 6.12. The molecule has 0 aromatic heterocycles. The number of aryl methyl sites for hydroxylation is 2. The van der Waals surface area contributed by atoms with Crippen LogP contribution in [0.25, 0.3) is 0 Å². The van der Waals surface area contributed by atoms with Crippen LogP contribution in [0.5, 0.6) is 5.75 Å². The van der Waals surface area contributed by atoms with E-state index in [0.717, 1.165) is 28.0 Å². The van der Waals surface area contributed by atoms with Crippen LogP contribution in [-0.2, 0) is 29.0 Å². The van der Waals surface area contributed by atoms with E-state index in [9.17, 15) is 9.59 Å². The molecule has 0 fully saturated rings. The summed E-state index contributed by atoms with van der Waals surface area (Å²) >= 11 is 0. The summed E-state index contributed by atoms with van der Waals surface area (Å²) < 4.78 is 5.39. The first kappa shape index (κ1) is 26.0. The number of nitrogens with zero attached hydrogens (tertiary/aromatic N) is 1. The Bertz CT molecular complexity index is 1140. The average molecular weight is 473 g/mol. The lowest BCUT2D eigenvalue weighted by Gasteiger charge is -2.32. The van der Waals surface area contributed by atoms with Crippen molar-refractivity contribution in [2.75, 3.05) is 7.11 Å². The van der Waals surface area contributed by atoms with Crippen molar-refractivity contribution in [3.05, 3.63) is 101 Å². The number of carbonyl (C=O) groups is 2. The van der Waals surface area contributed by atoms with Gasteiger partial charge in [0.25, 0.3) is 0 Å². The molecule has 3 rings (SSSR count). The van der Waals surface area contributed by atoms with Gasteiger partial charge in [0.05, 0.1) is 13.5 Å². The maximum Gasteiger partial charge on any atom is 0.243 e. The summed E-state index contributed by atoms with van der Waals surface area (Å²) in [6.07, 6.45) is 0.660. The molecule has 0 heterocycles. The SMILES string of the molecule is COc1cccc(CN(C(=O)Cc2ccc(C)c(C)c2)[C@@H](Cc2ccccc2)C(=O)NC(C)C)c1. The first-order chi connectivity index (χ1) is 16.8. The minimum Gasteiger partial charge on any atom is -0.497 e. The van der Waals surface area contributed by atoms with E-state index in [1.807, 2.05) is 87.5 Å². The van der Waals surface area contributed by atoms with Crippen LogP contribution in [0.4, 0.5) is 0 Å². The number of hydrogen-bond acceptors (Lipinski definition) is 3. The van der Waals surface area contributed by atoms with Crippen LogP contribution >= 0.6 is 0 Å². The second-order valence-electron chi connectivity index (χ2n) is 9.34. The van der Waals surface area contributed by atoms with Gasteiger partial charge >= 0.3 is 0 Å². The standard InChI is InChI=1S/C30H36N2O3/c1-21(2)31-30(34)28(18-24-10-7-6-8-11-24)32(20-26-12-9-13-27(17-26)35-5)29(33)19-25-15-14-22(3)23(4)16-25/h6-17,21,28H,18-20H2,1-5H3,(H,31,34)/t28-/m0/s1. The second-order valence-corrected chi connectivity index (χ2v) is 9.34. The summed E-state index contributed by atoms with van der Waals surface area (Å²) in [6.45, 7) is 8.28. The first-order valence-electron chi connectivity index (χ1n) is 12.1. The van der Waals surface area contributed by atoms with E-state index >= 15 is 0 Å². The van der Waals surface area contributed by atoms with Crippen molar-refractivity contribution in [2.45, 2.75) is 59.2 Å². The fourth-order valence-electron chi connectivity index (χ4n) is 4.09. The highest BCUT2D eigenvalue weighted by Crippen LogP contribution is 2.20. The van der Waals surface area contributed by atoms with Crippen LogP contribution < -0.4 is 10.1 Å². The predicted octanol–water partition coefficient (Wildman–Crippen LogP) is 5.02. The van der Waals surface area contributed by atoms with Gasteiger partial charge in [0.15, 0.2) is 0 Å². The lowest BCUT2D eigenvalue weighted by molar-refractivity contribution is -0.141. The van der Waals surface area contributed by atoms with E-state index < -0.39 is 6.04 Å². The van der Waals surface area contributed by atoms with Gasteiger partial charge in [0.2, 0.25) is 11.8 Å². The molecule has 184 valence electrons. The number of hydrogen-bond donors (Lipinski definition) is 1. The molecule has 3 aromatic carbocycles. The zero-order valence-corrected chi connectivity index (χ0v) is 21.4. The van der Waals surface area contributed by atoms with E-state index in [2.05, 4.69) is 18.3 Å². The van der Waals surface area contributed by atoms with Crippen LogP contribution in [0, 0.1) is 13.8 Å². The van der Waals surface area contributed by atoms with Crippen molar-refractivity contribution in [1.29, 1.82) is 0 Å². The fraction of sp³-hybridized carbons (Fsp3) is 0.333. The molecule has 1 atom stereocenters. The molecule has 0 spiro atoms. The zero-order chi connectivity index (χ0) is 25.4. The summed E-state index contributed by atoms with van der Waals surface area (Å²) in [5.74, 6) is 0.478. The molecule has 35 heavy (non-hydrogen) atoms. The lowest BCUT2D eigenvalue weighted by Crippen LogP contribution is -2.52. The highest BCUT2D eigenvalue weighted by atomic mass is 16.5. The minimum atomic E-state index is -0.648. The van der Waals surface area contributed by atoms with Crippen LogP contribution in [0.1, 0.15) is 41.7 Å². The topological polar surface area (TPSA) is 58.6 Å². The maximum absolute atomic E-state index is 13.8. The van der Waals surface area contributed by atoms with Crippen molar-refractivity contribution in [3.63, 3.8) is 0 Å². The minimum absolute atomic E-state index is 0.0331. The van der Waals surface area contributed by atoms with E-state index in [1.165, 1.54) is 5.56 Å². The Morgan fingerprint density at radius 2 is 1.57 bits per heavy atom. The van der Waals surface area contributed by atoms with E-state index in [-0.39, 0.29) is 24.3 Å². The molecule has 0 radical (unpaired) electrons. The quantitative estimate of drug-likeness (QED) is 0.451. The zero-order valence-electron chi connectivity index (χ0n) is 21.4. The van der Waals surface area contributed by atoms with E-state index in [4.69, 9.17) is 4.74 Å². The average Bonchev–Trinajstić information content (AvgIpc) is 2.84. The smallest absolute Gasteiger partial charge is 0.243 e. The third-order valence-electron chi connectivity index (χ3n) is 6.12. The van der Waals surface area contributed by atoms with Crippen LogP contribution in [0.3, 0.4) is 0 Å².